The van der Waals surface area contributed by atoms with Gasteiger partial charge in [-0.25, -0.2) is 4.98 Å². The zero-order valence-electron chi connectivity index (χ0n) is 6.65. The summed E-state index contributed by atoms with van der Waals surface area (Å²) in [5, 5.41) is 7.16. The van der Waals surface area contributed by atoms with Gasteiger partial charge in [0.05, 0.1) is 5.84 Å². The first-order valence-electron chi connectivity index (χ1n) is 3.43. The number of rotatable bonds is 4. The molecule has 0 aromatic carbocycles. The van der Waals surface area contributed by atoms with Crippen molar-refractivity contribution in [2.24, 2.45) is 11.7 Å². The number of hydrogen-bond acceptors (Lipinski definition) is 5. The fraction of sp³-hybridized carbons (Fsp3) is 0.500. The van der Waals surface area contributed by atoms with Gasteiger partial charge in [0.15, 0.2) is 4.34 Å². The molecule has 0 aliphatic carbocycles. The number of hydrogen-bond donors (Lipinski definition) is 2. The van der Waals surface area contributed by atoms with Crippen LogP contribution in [0.1, 0.15) is 6.92 Å². The summed E-state index contributed by atoms with van der Waals surface area (Å²) in [7, 11) is 0. The third kappa shape index (κ3) is 2.78. The van der Waals surface area contributed by atoms with E-state index < -0.39 is 0 Å². The Kier molecular flexibility index (Phi) is 3.48. The highest BCUT2D eigenvalue weighted by Crippen LogP contribution is 2.20. The highest BCUT2D eigenvalue weighted by Gasteiger charge is 2.06. The van der Waals surface area contributed by atoms with E-state index in [0.717, 1.165) is 10.1 Å². The van der Waals surface area contributed by atoms with E-state index in [2.05, 4.69) is 9.36 Å². The van der Waals surface area contributed by atoms with E-state index in [0.29, 0.717) is 0 Å². The monoisotopic (exact) mass is 202 g/mol. The number of nitrogens with two attached hydrogens (primary N) is 1. The van der Waals surface area contributed by atoms with E-state index >= 15 is 0 Å². The molecule has 66 valence electrons. The molecule has 0 bridgehead atoms. The largest absolute Gasteiger partial charge is 0.387 e. The van der Waals surface area contributed by atoms with Crippen LogP contribution in [0, 0.1) is 11.3 Å². The van der Waals surface area contributed by atoms with Gasteiger partial charge in [-0.3, -0.25) is 5.41 Å². The number of aromatic nitrogens is 2. The maximum atomic E-state index is 7.16. The Morgan fingerprint density at radius 2 is 2.67 bits per heavy atom. The van der Waals surface area contributed by atoms with Crippen LogP contribution in [0.2, 0.25) is 0 Å². The van der Waals surface area contributed by atoms with Crippen LogP contribution in [0.3, 0.4) is 0 Å². The summed E-state index contributed by atoms with van der Waals surface area (Å²) in [6.07, 6.45) is 1.53. The van der Waals surface area contributed by atoms with E-state index in [1.807, 2.05) is 6.92 Å². The Hall–Kier alpha value is -0.620. The lowest BCUT2D eigenvalue weighted by atomic mass is 10.2. The molecule has 1 atom stereocenters. The highest BCUT2D eigenvalue weighted by atomic mass is 32.2. The summed E-state index contributed by atoms with van der Waals surface area (Å²) in [4.78, 5) is 4.01. The van der Waals surface area contributed by atoms with Crippen LogP contribution in [0.15, 0.2) is 10.7 Å². The Bertz CT molecular complexity index is 246. The molecular formula is C6H10N4S2. The first-order valence-corrected chi connectivity index (χ1v) is 5.19. The molecule has 0 saturated carbocycles. The average molecular weight is 202 g/mol. The molecule has 1 aromatic heterocycles. The van der Waals surface area contributed by atoms with Crippen LogP contribution in [0.4, 0.5) is 0 Å². The summed E-state index contributed by atoms with van der Waals surface area (Å²) < 4.78 is 4.80. The van der Waals surface area contributed by atoms with E-state index in [4.69, 9.17) is 11.1 Å². The topological polar surface area (TPSA) is 75.7 Å². The molecule has 12 heavy (non-hydrogen) atoms. The molecule has 0 radical (unpaired) electrons. The van der Waals surface area contributed by atoms with Crippen molar-refractivity contribution in [3.63, 3.8) is 0 Å². The van der Waals surface area contributed by atoms with Gasteiger partial charge in [0.2, 0.25) is 0 Å². The van der Waals surface area contributed by atoms with Gasteiger partial charge in [-0.05, 0) is 11.5 Å². The van der Waals surface area contributed by atoms with Crippen LogP contribution >= 0.6 is 23.3 Å². The average Bonchev–Trinajstić information content (AvgIpc) is 2.51. The van der Waals surface area contributed by atoms with E-state index in [-0.39, 0.29) is 11.8 Å². The van der Waals surface area contributed by atoms with Crippen molar-refractivity contribution < 1.29 is 0 Å². The summed E-state index contributed by atoms with van der Waals surface area (Å²) in [6, 6.07) is 0. The molecule has 0 fully saturated rings. The van der Waals surface area contributed by atoms with Gasteiger partial charge in [0, 0.05) is 11.7 Å². The predicted molar refractivity (Wildman–Crippen MR) is 51.7 cm³/mol. The van der Waals surface area contributed by atoms with Gasteiger partial charge < -0.3 is 5.73 Å². The summed E-state index contributed by atoms with van der Waals surface area (Å²) in [5.41, 5.74) is 5.31. The first-order chi connectivity index (χ1) is 5.70. The van der Waals surface area contributed by atoms with Gasteiger partial charge in [-0.1, -0.05) is 18.7 Å². The lowest BCUT2D eigenvalue weighted by molar-refractivity contribution is 0.878. The lowest BCUT2D eigenvalue weighted by Crippen LogP contribution is -2.21. The van der Waals surface area contributed by atoms with Crippen LogP contribution in [-0.2, 0) is 0 Å². The van der Waals surface area contributed by atoms with Gasteiger partial charge >= 0.3 is 0 Å². The summed E-state index contributed by atoms with van der Waals surface area (Å²) in [6.45, 7) is 1.93. The molecule has 1 unspecified atom stereocenters. The minimum atomic E-state index is 0.110. The Morgan fingerprint density at radius 1 is 1.92 bits per heavy atom. The third-order valence-corrected chi connectivity index (χ3v) is 3.39. The van der Waals surface area contributed by atoms with Gasteiger partial charge in [-0.2, -0.15) is 4.37 Å². The van der Waals surface area contributed by atoms with Crippen molar-refractivity contribution in [3.05, 3.63) is 6.33 Å². The third-order valence-electron chi connectivity index (χ3n) is 1.33. The number of amidine groups is 1. The summed E-state index contributed by atoms with van der Waals surface area (Å²) in [5.74, 6) is 1.13. The maximum absolute atomic E-state index is 7.16. The number of nitrogens with zero attached hydrogens (tertiary/aromatic N) is 2. The van der Waals surface area contributed by atoms with Crippen molar-refractivity contribution >= 4 is 29.1 Å². The fourth-order valence-corrected chi connectivity index (χ4v) is 2.03. The second kappa shape index (κ2) is 4.42. The second-order valence-electron chi connectivity index (χ2n) is 2.37. The highest BCUT2D eigenvalue weighted by molar-refractivity contribution is 8.00. The minimum absolute atomic E-state index is 0.110. The molecule has 6 heteroatoms. The van der Waals surface area contributed by atoms with Crippen molar-refractivity contribution in [2.75, 3.05) is 5.75 Å². The molecule has 1 heterocycles. The zero-order valence-corrected chi connectivity index (χ0v) is 8.28. The normalized spacial score (nSPS) is 12.8. The maximum Gasteiger partial charge on any atom is 0.169 e. The van der Waals surface area contributed by atoms with Crippen molar-refractivity contribution in [2.45, 2.75) is 11.3 Å². The molecule has 4 nitrogen and oxygen atoms in total. The van der Waals surface area contributed by atoms with Crippen LogP contribution in [0.25, 0.3) is 0 Å². The Morgan fingerprint density at radius 3 is 3.17 bits per heavy atom. The summed E-state index contributed by atoms with van der Waals surface area (Å²) >= 11 is 2.95. The van der Waals surface area contributed by atoms with E-state index in [1.165, 1.54) is 17.9 Å². The molecule has 0 saturated heterocycles. The number of nitrogens with one attached hydrogen (secondary N) is 1. The van der Waals surface area contributed by atoms with E-state index in [1.54, 1.807) is 11.8 Å². The fourth-order valence-electron chi connectivity index (χ4n) is 0.513. The van der Waals surface area contributed by atoms with Gasteiger partial charge in [0.25, 0.3) is 0 Å². The smallest absolute Gasteiger partial charge is 0.169 e. The molecule has 0 aliphatic rings. The van der Waals surface area contributed by atoms with Gasteiger partial charge in [0.1, 0.15) is 6.33 Å². The Labute approximate surface area is 79.3 Å². The standard InChI is InChI=1S/C6H10N4S2/c1-4(5(7)8)2-11-6-9-3-10-12-6/h3-4H,2H2,1H3,(H3,7,8). The van der Waals surface area contributed by atoms with Crippen molar-refractivity contribution in [1.82, 2.24) is 9.36 Å². The second-order valence-corrected chi connectivity index (χ2v) is 4.42. The predicted octanol–water partition coefficient (Wildman–Crippen LogP) is 1.20. The molecule has 3 N–H and O–H groups in total. The molecule has 0 spiro atoms. The van der Waals surface area contributed by atoms with Crippen LogP contribution in [0.5, 0.6) is 0 Å². The molecule has 0 amide bonds. The molecule has 1 rings (SSSR count). The van der Waals surface area contributed by atoms with Gasteiger partial charge in [-0.15, -0.1) is 0 Å². The molecule has 0 aliphatic heterocycles. The zero-order chi connectivity index (χ0) is 8.97. The first kappa shape index (κ1) is 9.47. The lowest BCUT2D eigenvalue weighted by Gasteiger charge is -2.05. The molecule has 1 aromatic rings. The number of thioether (sulfide) groups is 1. The van der Waals surface area contributed by atoms with Crippen LogP contribution in [-0.4, -0.2) is 20.9 Å². The quantitative estimate of drug-likeness (QED) is 0.437. The van der Waals surface area contributed by atoms with Crippen LogP contribution < -0.4 is 5.73 Å². The van der Waals surface area contributed by atoms with Crippen molar-refractivity contribution in [3.8, 4) is 0 Å². The molecular weight excluding hydrogens is 192 g/mol. The van der Waals surface area contributed by atoms with Crippen molar-refractivity contribution in [1.29, 1.82) is 5.41 Å². The SMILES string of the molecule is CC(CSc1ncns1)C(=N)N. The minimum Gasteiger partial charge on any atom is -0.387 e. The van der Waals surface area contributed by atoms with E-state index in [9.17, 15) is 0 Å². The Balaban J connectivity index is 2.31.